The molecule has 0 spiro atoms. The lowest BCUT2D eigenvalue weighted by molar-refractivity contribution is -0.159. The van der Waals surface area contributed by atoms with Crippen LogP contribution in [0.2, 0.25) is 0 Å². The van der Waals surface area contributed by atoms with Crippen LogP contribution in [-0.4, -0.2) is 93.0 Å². The van der Waals surface area contributed by atoms with Gasteiger partial charge in [-0.15, -0.1) is 0 Å². The SMILES string of the molecule is C[C@@H]1CC(OCCO[C@H]2CC[C@H](N3C(=S)N(c4cnc(C#N)c(C(F)(F)F)c4)C(=O)C3(C)C)CC2)C[C@H](C)N1CC(=O)OC(C)(C)C. The van der Waals surface area contributed by atoms with Crippen LogP contribution >= 0.6 is 12.2 Å². The second-order valence-electron chi connectivity index (χ2n) is 14.3. The van der Waals surface area contributed by atoms with E-state index in [0.29, 0.717) is 26.1 Å². The number of amides is 1. The van der Waals surface area contributed by atoms with Gasteiger partial charge in [0.15, 0.2) is 10.8 Å². The number of likely N-dealkylation sites (tertiary alicyclic amines) is 1. The van der Waals surface area contributed by atoms with Gasteiger partial charge in [-0.05, 0) is 105 Å². The van der Waals surface area contributed by atoms with Crippen molar-refractivity contribution < 1.29 is 37.0 Å². The van der Waals surface area contributed by atoms with Crippen LogP contribution in [0.25, 0.3) is 0 Å². The number of piperidine rings is 1. The standard InChI is InChI=1S/C33H46F3N5O5S/c1-20-14-25(15-21(2)39(20)19-28(42)46-31(3,4)5)45-13-12-44-24-10-8-22(9-11-24)41-30(47)40(29(43)32(41,6)7)23-16-26(33(34,35)36)27(17-37)38-18-23/h16,18,20-22,24-25H,8-15,19H2,1-7H3/t20-,21+,22-,24-,25?. The number of alkyl halides is 3. The molecule has 1 amide bonds. The highest BCUT2D eigenvalue weighted by Crippen LogP contribution is 2.40. The zero-order valence-corrected chi connectivity index (χ0v) is 29.0. The van der Waals surface area contributed by atoms with Gasteiger partial charge in [-0.25, -0.2) is 4.98 Å². The number of esters is 1. The Bertz CT molecular complexity index is 1360. The van der Waals surface area contributed by atoms with E-state index in [1.54, 1.807) is 13.8 Å². The summed E-state index contributed by atoms with van der Waals surface area (Å²) in [7, 11) is 0. The summed E-state index contributed by atoms with van der Waals surface area (Å²) in [6.45, 7) is 14.4. The van der Waals surface area contributed by atoms with Crippen molar-refractivity contribution in [1.82, 2.24) is 14.8 Å². The Morgan fingerprint density at radius 2 is 1.64 bits per heavy atom. The van der Waals surface area contributed by atoms with E-state index in [1.807, 2.05) is 25.7 Å². The van der Waals surface area contributed by atoms with E-state index in [1.165, 1.54) is 6.07 Å². The third kappa shape index (κ3) is 8.60. The highest BCUT2D eigenvalue weighted by Gasteiger charge is 2.53. The molecular formula is C33H46F3N5O5S. The molecule has 3 fully saturated rings. The zero-order chi connectivity index (χ0) is 34.9. The van der Waals surface area contributed by atoms with Crippen LogP contribution < -0.4 is 4.90 Å². The molecule has 3 heterocycles. The number of hydrogen-bond donors (Lipinski definition) is 0. The average molecular weight is 682 g/mol. The van der Waals surface area contributed by atoms with Crippen molar-refractivity contribution in [2.45, 2.75) is 135 Å². The van der Waals surface area contributed by atoms with Gasteiger partial charge in [0.1, 0.15) is 17.2 Å². The van der Waals surface area contributed by atoms with Gasteiger partial charge in [-0.3, -0.25) is 19.4 Å². The number of rotatable bonds is 9. The highest BCUT2D eigenvalue weighted by molar-refractivity contribution is 7.80. The molecule has 4 rings (SSSR count). The van der Waals surface area contributed by atoms with Crippen LogP contribution in [0.15, 0.2) is 12.3 Å². The molecule has 0 aromatic carbocycles. The third-order valence-electron chi connectivity index (χ3n) is 9.14. The monoisotopic (exact) mass is 681 g/mol. The Hall–Kier alpha value is -2.86. The van der Waals surface area contributed by atoms with Crippen LogP contribution in [0.4, 0.5) is 18.9 Å². The molecule has 0 N–H and O–H groups in total. The maximum Gasteiger partial charge on any atom is 0.419 e. The van der Waals surface area contributed by atoms with E-state index in [0.717, 1.165) is 42.8 Å². The summed E-state index contributed by atoms with van der Waals surface area (Å²) < 4.78 is 58.7. The van der Waals surface area contributed by atoms with E-state index in [4.69, 9.17) is 31.7 Å². The van der Waals surface area contributed by atoms with Crippen molar-refractivity contribution in [3.05, 3.63) is 23.5 Å². The van der Waals surface area contributed by atoms with Crippen molar-refractivity contribution in [2.24, 2.45) is 0 Å². The van der Waals surface area contributed by atoms with Crippen LogP contribution in [0.3, 0.4) is 0 Å². The molecule has 3 atom stereocenters. The van der Waals surface area contributed by atoms with E-state index in [2.05, 4.69) is 23.7 Å². The van der Waals surface area contributed by atoms with Crippen molar-refractivity contribution in [3.8, 4) is 6.07 Å². The molecule has 1 aromatic rings. The fourth-order valence-corrected chi connectivity index (χ4v) is 7.53. The summed E-state index contributed by atoms with van der Waals surface area (Å²) in [5, 5.41) is 9.23. The topological polar surface area (TPSA) is 108 Å². The summed E-state index contributed by atoms with van der Waals surface area (Å²) in [4.78, 5) is 34.6. The van der Waals surface area contributed by atoms with Gasteiger partial charge in [0, 0.05) is 18.1 Å². The fraction of sp³-hybridized carbons (Fsp3) is 0.727. The second kappa shape index (κ2) is 14.3. The van der Waals surface area contributed by atoms with Crippen molar-refractivity contribution >= 4 is 34.9 Å². The number of halogens is 3. The smallest absolute Gasteiger partial charge is 0.419 e. The number of ether oxygens (including phenoxy) is 3. The van der Waals surface area contributed by atoms with Crippen molar-refractivity contribution in [1.29, 1.82) is 5.26 Å². The molecule has 260 valence electrons. The molecular weight excluding hydrogens is 635 g/mol. The fourth-order valence-electron chi connectivity index (χ4n) is 6.96. The number of pyridine rings is 1. The van der Waals surface area contributed by atoms with Gasteiger partial charge in [0.25, 0.3) is 5.91 Å². The number of carbonyl (C=O) groups is 2. The number of carbonyl (C=O) groups excluding carboxylic acids is 2. The first-order valence-corrected chi connectivity index (χ1v) is 16.6. The summed E-state index contributed by atoms with van der Waals surface area (Å²) in [5.41, 5.74) is -3.68. The Kier molecular flexibility index (Phi) is 11.3. The first-order chi connectivity index (χ1) is 21.8. The molecule has 1 aliphatic carbocycles. The predicted octanol–water partition coefficient (Wildman–Crippen LogP) is 5.61. The molecule has 0 bridgehead atoms. The van der Waals surface area contributed by atoms with Gasteiger partial charge in [-0.1, -0.05) is 0 Å². The molecule has 2 aliphatic heterocycles. The summed E-state index contributed by atoms with van der Waals surface area (Å²) >= 11 is 5.67. The number of anilines is 1. The number of thiocarbonyl (C=S) groups is 1. The van der Waals surface area contributed by atoms with Gasteiger partial charge in [0.2, 0.25) is 0 Å². The van der Waals surface area contributed by atoms with E-state index in [-0.39, 0.29) is 53.6 Å². The normalized spacial score (nSPS) is 27.2. The van der Waals surface area contributed by atoms with E-state index in [9.17, 15) is 22.8 Å². The van der Waals surface area contributed by atoms with Crippen molar-refractivity contribution in [3.63, 3.8) is 0 Å². The lowest BCUT2D eigenvalue weighted by Gasteiger charge is -2.42. The summed E-state index contributed by atoms with van der Waals surface area (Å²) in [6.07, 6.45) is 0.864. The number of nitriles is 1. The molecule has 10 nitrogen and oxygen atoms in total. The molecule has 2 saturated heterocycles. The molecule has 1 unspecified atom stereocenters. The van der Waals surface area contributed by atoms with Crippen LogP contribution in [0, 0.1) is 11.3 Å². The minimum atomic E-state index is -4.81. The first-order valence-electron chi connectivity index (χ1n) is 16.2. The molecule has 1 aromatic heterocycles. The largest absolute Gasteiger partial charge is 0.459 e. The Morgan fingerprint density at radius 1 is 1.06 bits per heavy atom. The number of nitrogens with zero attached hydrogens (tertiary/aromatic N) is 5. The molecule has 47 heavy (non-hydrogen) atoms. The van der Waals surface area contributed by atoms with Crippen LogP contribution in [0.1, 0.15) is 98.2 Å². The molecule has 1 saturated carbocycles. The predicted molar refractivity (Wildman–Crippen MR) is 172 cm³/mol. The highest BCUT2D eigenvalue weighted by atomic mass is 32.1. The quantitative estimate of drug-likeness (QED) is 0.185. The Balaban J connectivity index is 1.25. The van der Waals surface area contributed by atoms with Crippen molar-refractivity contribution in [2.75, 3.05) is 24.7 Å². The van der Waals surface area contributed by atoms with Gasteiger partial charge in [-0.2, -0.15) is 18.4 Å². The van der Waals surface area contributed by atoms with Crippen LogP contribution in [-0.2, 0) is 30.0 Å². The molecule has 0 radical (unpaired) electrons. The average Bonchev–Trinajstić information content (AvgIpc) is 3.14. The second-order valence-corrected chi connectivity index (χ2v) is 14.6. The van der Waals surface area contributed by atoms with Crippen LogP contribution in [0.5, 0.6) is 0 Å². The summed E-state index contributed by atoms with van der Waals surface area (Å²) in [5.74, 6) is -0.669. The summed E-state index contributed by atoms with van der Waals surface area (Å²) in [6, 6.07) is 2.48. The lowest BCUT2D eigenvalue weighted by atomic mass is 9.89. The minimum Gasteiger partial charge on any atom is -0.459 e. The third-order valence-corrected chi connectivity index (χ3v) is 9.52. The van der Waals surface area contributed by atoms with Gasteiger partial charge < -0.3 is 19.1 Å². The maximum absolute atomic E-state index is 13.6. The Labute approximate surface area is 280 Å². The maximum atomic E-state index is 13.6. The minimum absolute atomic E-state index is 0.0199. The number of hydrogen-bond acceptors (Lipinski definition) is 9. The number of aromatic nitrogens is 1. The molecule has 3 aliphatic rings. The van der Waals surface area contributed by atoms with E-state index >= 15 is 0 Å². The zero-order valence-electron chi connectivity index (χ0n) is 28.2. The lowest BCUT2D eigenvalue weighted by Crippen LogP contribution is -2.51. The Morgan fingerprint density at radius 3 is 2.17 bits per heavy atom. The molecule has 14 heteroatoms. The first kappa shape index (κ1) is 37.0. The van der Waals surface area contributed by atoms with E-state index < -0.39 is 34.5 Å². The van der Waals surface area contributed by atoms with Gasteiger partial charge in [0.05, 0.1) is 49.4 Å². The van der Waals surface area contributed by atoms with Gasteiger partial charge >= 0.3 is 12.1 Å².